The van der Waals surface area contributed by atoms with E-state index in [4.69, 9.17) is 5.73 Å². The first-order valence-electron chi connectivity index (χ1n) is 8.24. The molecule has 1 saturated heterocycles. The Hall–Kier alpha value is -0.810. The van der Waals surface area contributed by atoms with Gasteiger partial charge in [-0.15, -0.1) is 24.8 Å². The van der Waals surface area contributed by atoms with Crippen LogP contribution < -0.4 is 11.1 Å². The molecule has 0 aromatic heterocycles. The van der Waals surface area contributed by atoms with Gasteiger partial charge in [-0.05, 0) is 51.3 Å². The van der Waals surface area contributed by atoms with E-state index in [9.17, 15) is 4.79 Å². The lowest BCUT2D eigenvalue weighted by Gasteiger charge is -2.37. The number of likely N-dealkylation sites (tertiary alicyclic amines) is 1. The molecule has 4 nitrogen and oxygen atoms in total. The summed E-state index contributed by atoms with van der Waals surface area (Å²) in [7, 11) is 0. The number of amides is 1. The molecule has 0 aliphatic carbocycles. The molecule has 1 fully saturated rings. The lowest BCUT2D eigenvalue weighted by atomic mass is 9.95. The van der Waals surface area contributed by atoms with Gasteiger partial charge in [0.05, 0.1) is 11.6 Å². The number of rotatable bonds is 5. The number of hydrogen-bond donors (Lipinski definition) is 2. The van der Waals surface area contributed by atoms with Crippen LogP contribution in [0.15, 0.2) is 30.3 Å². The van der Waals surface area contributed by atoms with Crippen LogP contribution in [0.2, 0.25) is 0 Å². The normalized spacial score (nSPS) is 17.3. The first-order chi connectivity index (χ1) is 10.4. The number of hydrogen-bond acceptors (Lipinski definition) is 3. The summed E-state index contributed by atoms with van der Waals surface area (Å²) in [4.78, 5) is 14.6. The molecule has 0 spiro atoms. The smallest absolute Gasteiger partial charge is 0.239 e. The van der Waals surface area contributed by atoms with Gasteiger partial charge >= 0.3 is 0 Å². The predicted octanol–water partition coefficient (Wildman–Crippen LogP) is 3.16. The summed E-state index contributed by atoms with van der Waals surface area (Å²) in [5.74, 6) is 0.698. The molecule has 1 heterocycles. The van der Waals surface area contributed by atoms with Crippen LogP contribution in [0.1, 0.15) is 45.2 Å². The van der Waals surface area contributed by atoms with Gasteiger partial charge in [0, 0.05) is 6.54 Å². The number of nitrogens with one attached hydrogen (secondary N) is 1. The van der Waals surface area contributed by atoms with Gasteiger partial charge in [0.1, 0.15) is 0 Å². The van der Waals surface area contributed by atoms with Gasteiger partial charge in [-0.2, -0.15) is 0 Å². The standard InChI is InChI=1S/C18H29N3O.2ClH/c1-14-9-11-21(12-10-14)16(15-7-5-4-6-8-15)13-20-17(22)18(2,3)19;;/h4-8,14,16H,9-13,19H2,1-3H3,(H,20,22);2*1H. The van der Waals surface area contributed by atoms with Crippen molar-refractivity contribution in [2.24, 2.45) is 11.7 Å². The van der Waals surface area contributed by atoms with E-state index in [0.29, 0.717) is 6.54 Å². The van der Waals surface area contributed by atoms with E-state index >= 15 is 0 Å². The summed E-state index contributed by atoms with van der Waals surface area (Å²) in [6.45, 7) is 8.57. The van der Waals surface area contributed by atoms with Crippen LogP contribution >= 0.6 is 24.8 Å². The molecule has 1 atom stereocenters. The Labute approximate surface area is 158 Å². The van der Waals surface area contributed by atoms with Gasteiger partial charge in [0.25, 0.3) is 0 Å². The molecule has 1 aromatic carbocycles. The molecule has 1 aromatic rings. The number of nitrogens with zero attached hydrogens (tertiary/aromatic N) is 1. The molecule has 1 aliphatic heterocycles. The Morgan fingerprint density at radius 2 is 1.79 bits per heavy atom. The third-order valence-electron chi connectivity index (χ3n) is 4.48. The fourth-order valence-electron chi connectivity index (χ4n) is 2.89. The molecule has 138 valence electrons. The van der Waals surface area contributed by atoms with Gasteiger partial charge < -0.3 is 11.1 Å². The molecule has 3 N–H and O–H groups in total. The molecular weight excluding hydrogens is 345 g/mol. The van der Waals surface area contributed by atoms with Crippen LogP contribution in [0, 0.1) is 5.92 Å². The van der Waals surface area contributed by atoms with Crippen LogP contribution in [0.3, 0.4) is 0 Å². The maximum Gasteiger partial charge on any atom is 0.239 e. The van der Waals surface area contributed by atoms with Gasteiger partial charge in [0.2, 0.25) is 5.91 Å². The Morgan fingerprint density at radius 1 is 1.25 bits per heavy atom. The zero-order valence-corrected chi connectivity index (χ0v) is 16.5. The minimum atomic E-state index is -0.836. The number of carbonyl (C=O) groups is 1. The van der Waals surface area contributed by atoms with E-state index in [-0.39, 0.29) is 36.8 Å². The minimum absolute atomic E-state index is 0. The van der Waals surface area contributed by atoms with Crippen molar-refractivity contribution in [1.29, 1.82) is 0 Å². The molecule has 1 amide bonds. The van der Waals surface area contributed by atoms with Crippen molar-refractivity contribution in [2.45, 2.75) is 45.2 Å². The van der Waals surface area contributed by atoms with E-state index in [0.717, 1.165) is 19.0 Å². The highest BCUT2D eigenvalue weighted by Gasteiger charge is 2.27. The van der Waals surface area contributed by atoms with Crippen LogP contribution in [-0.2, 0) is 4.79 Å². The maximum absolute atomic E-state index is 12.1. The average molecular weight is 376 g/mol. The quantitative estimate of drug-likeness (QED) is 0.830. The Morgan fingerprint density at radius 3 is 2.29 bits per heavy atom. The van der Waals surface area contributed by atoms with Crippen LogP contribution in [0.5, 0.6) is 0 Å². The molecule has 0 radical (unpaired) electrons. The van der Waals surface area contributed by atoms with Crippen LogP contribution in [0.25, 0.3) is 0 Å². The fourth-order valence-corrected chi connectivity index (χ4v) is 2.89. The van der Waals surface area contributed by atoms with Crippen molar-refractivity contribution >= 4 is 30.7 Å². The van der Waals surface area contributed by atoms with E-state index in [1.807, 2.05) is 6.07 Å². The summed E-state index contributed by atoms with van der Waals surface area (Å²) in [6.07, 6.45) is 2.44. The van der Waals surface area contributed by atoms with Crippen molar-refractivity contribution < 1.29 is 4.79 Å². The highest BCUT2D eigenvalue weighted by Crippen LogP contribution is 2.26. The van der Waals surface area contributed by atoms with Crippen molar-refractivity contribution in [3.63, 3.8) is 0 Å². The number of nitrogens with two attached hydrogens (primary N) is 1. The summed E-state index contributed by atoms with van der Waals surface area (Å²) < 4.78 is 0. The highest BCUT2D eigenvalue weighted by atomic mass is 35.5. The molecule has 0 saturated carbocycles. The topological polar surface area (TPSA) is 58.4 Å². The molecule has 1 unspecified atom stereocenters. The number of carbonyl (C=O) groups excluding carboxylic acids is 1. The van der Waals surface area contributed by atoms with Gasteiger partial charge in [0.15, 0.2) is 0 Å². The molecule has 1 aliphatic rings. The second-order valence-corrected chi connectivity index (χ2v) is 7.08. The molecule has 2 rings (SSSR count). The van der Waals surface area contributed by atoms with Crippen LogP contribution in [-0.4, -0.2) is 36.0 Å². The van der Waals surface area contributed by atoms with Gasteiger partial charge in [-0.25, -0.2) is 0 Å². The zero-order chi connectivity index (χ0) is 16.2. The lowest BCUT2D eigenvalue weighted by molar-refractivity contribution is -0.125. The second-order valence-electron chi connectivity index (χ2n) is 7.08. The molecule has 6 heteroatoms. The summed E-state index contributed by atoms with van der Waals surface area (Å²) in [5.41, 5.74) is 6.30. The molecule has 24 heavy (non-hydrogen) atoms. The number of halogens is 2. The predicted molar refractivity (Wildman–Crippen MR) is 105 cm³/mol. The Kier molecular flexibility index (Phi) is 9.90. The third-order valence-corrected chi connectivity index (χ3v) is 4.48. The van der Waals surface area contributed by atoms with Crippen molar-refractivity contribution in [3.05, 3.63) is 35.9 Å². The highest BCUT2D eigenvalue weighted by molar-refractivity contribution is 5.86. The number of piperidine rings is 1. The zero-order valence-electron chi connectivity index (χ0n) is 14.8. The van der Waals surface area contributed by atoms with Crippen molar-refractivity contribution in [1.82, 2.24) is 10.2 Å². The van der Waals surface area contributed by atoms with E-state index in [1.165, 1.54) is 18.4 Å². The van der Waals surface area contributed by atoms with E-state index in [2.05, 4.69) is 41.4 Å². The summed E-state index contributed by atoms with van der Waals surface area (Å²) in [5, 5.41) is 3.02. The lowest BCUT2D eigenvalue weighted by Crippen LogP contribution is -2.51. The summed E-state index contributed by atoms with van der Waals surface area (Å²) in [6, 6.07) is 10.7. The monoisotopic (exact) mass is 375 g/mol. The largest absolute Gasteiger partial charge is 0.353 e. The Bertz CT molecular complexity index is 483. The maximum atomic E-state index is 12.1. The first-order valence-corrected chi connectivity index (χ1v) is 8.24. The van der Waals surface area contributed by atoms with Crippen molar-refractivity contribution in [3.8, 4) is 0 Å². The minimum Gasteiger partial charge on any atom is -0.353 e. The molecule has 0 bridgehead atoms. The summed E-state index contributed by atoms with van der Waals surface area (Å²) >= 11 is 0. The number of benzene rings is 1. The Balaban J connectivity index is 0.00000264. The van der Waals surface area contributed by atoms with Crippen LogP contribution in [0.4, 0.5) is 0 Å². The molecular formula is C18H31Cl2N3O. The van der Waals surface area contributed by atoms with E-state index < -0.39 is 5.54 Å². The fraction of sp³-hybridized carbons (Fsp3) is 0.611. The average Bonchev–Trinajstić information content (AvgIpc) is 2.49. The van der Waals surface area contributed by atoms with Gasteiger partial charge in [-0.3, -0.25) is 9.69 Å². The third kappa shape index (κ3) is 6.60. The van der Waals surface area contributed by atoms with E-state index in [1.54, 1.807) is 13.8 Å². The SMILES string of the molecule is CC1CCN(C(CNC(=O)C(C)(C)N)c2ccccc2)CC1.Cl.Cl. The van der Waals surface area contributed by atoms with Gasteiger partial charge in [-0.1, -0.05) is 37.3 Å². The second kappa shape index (κ2) is 10.2. The first kappa shape index (κ1) is 23.2. The van der Waals surface area contributed by atoms with Crippen molar-refractivity contribution in [2.75, 3.05) is 19.6 Å².